The molecule has 0 bridgehead atoms. The van der Waals surface area contributed by atoms with Crippen LogP contribution in [0, 0.1) is 6.92 Å². The fourth-order valence-corrected chi connectivity index (χ4v) is 2.74. The summed E-state index contributed by atoms with van der Waals surface area (Å²) in [4.78, 5) is 8.40. The number of halogens is 1. The van der Waals surface area contributed by atoms with Crippen molar-refractivity contribution in [1.82, 2.24) is 9.97 Å². The average Bonchev–Trinajstić information content (AvgIpc) is 2.83. The predicted molar refractivity (Wildman–Crippen MR) is 76.4 cm³/mol. The van der Waals surface area contributed by atoms with Gasteiger partial charge in [0.15, 0.2) is 0 Å². The van der Waals surface area contributed by atoms with Crippen molar-refractivity contribution < 1.29 is 4.74 Å². The lowest BCUT2D eigenvalue weighted by Crippen LogP contribution is -1.91. The molecule has 0 saturated carbocycles. The number of hydrogen-bond acceptors (Lipinski definition) is 4. The van der Waals surface area contributed by atoms with E-state index in [1.54, 1.807) is 11.3 Å². The number of hydrogen-bond donors (Lipinski definition) is 0. The second-order valence-corrected chi connectivity index (χ2v) is 5.66. The van der Waals surface area contributed by atoms with Crippen LogP contribution in [0.3, 0.4) is 0 Å². The summed E-state index contributed by atoms with van der Waals surface area (Å²) in [6.07, 6.45) is 1.53. The van der Waals surface area contributed by atoms with E-state index in [1.165, 1.54) is 6.33 Å². The largest absolute Gasteiger partial charge is 0.437 e. The highest BCUT2D eigenvalue weighted by Crippen LogP contribution is 2.32. The molecule has 90 valence electrons. The summed E-state index contributed by atoms with van der Waals surface area (Å²) in [7, 11) is 0. The van der Waals surface area contributed by atoms with E-state index in [2.05, 4.69) is 25.9 Å². The first kappa shape index (κ1) is 11.6. The Balaban J connectivity index is 2.06. The molecule has 18 heavy (non-hydrogen) atoms. The SMILES string of the molecule is Cc1ccc(Br)cc1Oc1ncnc2ccsc12. The van der Waals surface area contributed by atoms with Crippen LogP contribution < -0.4 is 4.74 Å². The maximum Gasteiger partial charge on any atom is 0.240 e. The van der Waals surface area contributed by atoms with Gasteiger partial charge in [-0.3, -0.25) is 0 Å². The van der Waals surface area contributed by atoms with Crippen LogP contribution in [0.2, 0.25) is 0 Å². The van der Waals surface area contributed by atoms with Crippen LogP contribution in [0.1, 0.15) is 5.56 Å². The maximum atomic E-state index is 5.89. The standard InChI is InChI=1S/C13H9BrN2OS/c1-8-2-3-9(14)6-11(8)17-13-12-10(4-5-18-12)15-7-16-13/h2-7H,1H3. The molecule has 0 aliphatic rings. The molecular formula is C13H9BrN2OS. The summed E-state index contributed by atoms with van der Waals surface area (Å²) in [6.45, 7) is 2.01. The van der Waals surface area contributed by atoms with Crippen LogP contribution in [0.5, 0.6) is 11.6 Å². The number of fused-ring (bicyclic) bond motifs is 1. The van der Waals surface area contributed by atoms with Gasteiger partial charge in [-0.15, -0.1) is 11.3 Å². The predicted octanol–water partition coefficient (Wildman–Crippen LogP) is 4.55. The second kappa shape index (κ2) is 4.66. The summed E-state index contributed by atoms with van der Waals surface area (Å²) < 4.78 is 7.85. The molecule has 0 radical (unpaired) electrons. The first-order chi connectivity index (χ1) is 8.74. The van der Waals surface area contributed by atoms with E-state index in [0.29, 0.717) is 5.88 Å². The molecule has 3 rings (SSSR count). The van der Waals surface area contributed by atoms with Crippen molar-refractivity contribution in [1.29, 1.82) is 0 Å². The Bertz CT molecular complexity index is 711. The van der Waals surface area contributed by atoms with Gasteiger partial charge in [-0.1, -0.05) is 22.0 Å². The van der Waals surface area contributed by atoms with Crippen molar-refractivity contribution in [3.8, 4) is 11.6 Å². The lowest BCUT2D eigenvalue weighted by atomic mass is 10.2. The normalized spacial score (nSPS) is 10.8. The second-order valence-electron chi connectivity index (χ2n) is 3.83. The monoisotopic (exact) mass is 320 g/mol. The van der Waals surface area contributed by atoms with Crippen molar-refractivity contribution >= 4 is 37.5 Å². The van der Waals surface area contributed by atoms with Crippen molar-refractivity contribution in [2.45, 2.75) is 6.92 Å². The number of benzene rings is 1. The van der Waals surface area contributed by atoms with E-state index in [4.69, 9.17) is 4.74 Å². The lowest BCUT2D eigenvalue weighted by Gasteiger charge is -2.08. The van der Waals surface area contributed by atoms with E-state index in [0.717, 1.165) is 26.0 Å². The first-order valence-corrected chi connectivity index (χ1v) is 7.03. The average molecular weight is 321 g/mol. The minimum absolute atomic E-state index is 0.608. The Morgan fingerprint density at radius 3 is 3.00 bits per heavy atom. The Hall–Kier alpha value is -1.46. The van der Waals surface area contributed by atoms with Crippen molar-refractivity contribution in [2.75, 3.05) is 0 Å². The van der Waals surface area contributed by atoms with Crippen molar-refractivity contribution in [3.63, 3.8) is 0 Å². The molecule has 0 spiro atoms. The maximum absolute atomic E-state index is 5.89. The third kappa shape index (κ3) is 2.11. The van der Waals surface area contributed by atoms with Gasteiger partial charge in [-0.05, 0) is 36.1 Å². The molecule has 0 amide bonds. The molecule has 0 N–H and O–H groups in total. The smallest absolute Gasteiger partial charge is 0.240 e. The zero-order valence-electron chi connectivity index (χ0n) is 9.55. The van der Waals surface area contributed by atoms with Crippen LogP contribution in [0.15, 0.2) is 40.4 Å². The minimum atomic E-state index is 0.608. The van der Waals surface area contributed by atoms with E-state index < -0.39 is 0 Å². The Morgan fingerprint density at radius 1 is 1.22 bits per heavy atom. The topological polar surface area (TPSA) is 35.0 Å². The van der Waals surface area contributed by atoms with Crippen LogP contribution in [-0.2, 0) is 0 Å². The highest BCUT2D eigenvalue weighted by Gasteiger charge is 2.09. The highest BCUT2D eigenvalue weighted by atomic mass is 79.9. The molecule has 2 aromatic heterocycles. The van der Waals surface area contributed by atoms with Gasteiger partial charge >= 0.3 is 0 Å². The van der Waals surface area contributed by atoms with Gasteiger partial charge in [0.25, 0.3) is 0 Å². The summed E-state index contributed by atoms with van der Waals surface area (Å²) >= 11 is 5.02. The highest BCUT2D eigenvalue weighted by molar-refractivity contribution is 9.10. The summed E-state index contributed by atoms with van der Waals surface area (Å²) in [6, 6.07) is 7.90. The molecule has 3 aromatic rings. The summed E-state index contributed by atoms with van der Waals surface area (Å²) in [5, 5.41) is 1.99. The van der Waals surface area contributed by atoms with Crippen molar-refractivity contribution in [3.05, 3.63) is 46.0 Å². The molecule has 0 aliphatic heterocycles. The molecule has 0 aliphatic carbocycles. The Morgan fingerprint density at radius 2 is 2.11 bits per heavy atom. The van der Waals surface area contributed by atoms with Gasteiger partial charge in [-0.25, -0.2) is 9.97 Å². The molecule has 0 atom stereocenters. The van der Waals surface area contributed by atoms with Gasteiger partial charge in [-0.2, -0.15) is 0 Å². The number of nitrogens with zero attached hydrogens (tertiary/aromatic N) is 2. The van der Waals surface area contributed by atoms with Crippen LogP contribution in [0.25, 0.3) is 10.2 Å². The first-order valence-electron chi connectivity index (χ1n) is 5.36. The number of thiophene rings is 1. The summed E-state index contributed by atoms with van der Waals surface area (Å²) in [5.41, 5.74) is 1.99. The fourth-order valence-electron chi connectivity index (χ4n) is 1.63. The third-order valence-corrected chi connectivity index (χ3v) is 3.95. The minimum Gasteiger partial charge on any atom is -0.437 e. The number of aromatic nitrogens is 2. The molecule has 3 nitrogen and oxygen atoms in total. The van der Waals surface area contributed by atoms with Gasteiger partial charge < -0.3 is 4.74 Å². The lowest BCUT2D eigenvalue weighted by molar-refractivity contribution is 0.465. The Kier molecular flexibility index (Phi) is 3.01. The van der Waals surface area contributed by atoms with Gasteiger partial charge in [0.1, 0.15) is 16.8 Å². The zero-order chi connectivity index (χ0) is 12.5. The molecule has 0 saturated heterocycles. The van der Waals surface area contributed by atoms with Crippen LogP contribution in [-0.4, -0.2) is 9.97 Å². The molecule has 5 heteroatoms. The number of rotatable bonds is 2. The fraction of sp³-hybridized carbons (Fsp3) is 0.0769. The van der Waals surface area contributed by atoms with E-state index in [9.17, 15) is 0 Å². The van der Waals surface area contributed by atoms with E-state index in [-0.39, 0.29) is 0 Å². The Labute approximate surface area is 117 Å². The van der Waals surface area contributed by atoms with Gasteiger partial charge in [0, 0.05) is 4.47 Å². The van der Waals surface area contributed by atoms with Crippen LogP contribution >= 0.6 is 27.3 Å². The summed E-state index contributed by atoms with van der Waals surface area (Å²) in [5.74, 6) is 1.41. The molecular weight excluding hydrogens is 312 g/mol. The number of ether oxygens (including phenoxy) is 1. The molecule has 0 unspecified atom stereocenters. The van der Waals surface area contributed by atoms with E-state index >= 15 is 0 Å². The van der Waals surface area contributed by atoms with Crippen molar-refractivity contribution in [2.24, 2.45) is 0 Å². The van der Waals surface area contributed by atoms with Gasteiger partial charge in [0.05, 0.1) is 5.52 Å². The molecule has 1 aromatic carbocycles. The number of aryl methyl sites for hydroxylation is 1. The molecule has 2 heterocycles. The van der Waals surface area contributed by atoms with E-state index in [1.807, 2.05) is 36.6 Å². The zero-order valence-corrected chi connectivity index (χ0v) is 12.0. The third-order valence-electron chi connectivity index (χ3n) is 2.57. The quantitative estimate of drug-likeness (QED) is 0.694. The van der Waals surface area contributed by atoms with Gasteiger partial charge in [0.2, 0.25) is 5.88 Å². The molecule has 0 fully saturated rings. The van der Waals surface area contributed by atoms with Crippen LogP contribution in [0.4, 0.5) is 0 Å².